The van der Waals surface area contributed by atoms with Crippen molar-refractivity contribution in [1.29, 1.82) is 5.41 Å². The Labute approximate surface area is 222 Å². The van der Waals surface area contributed by atoms with E-state index in [1.807, 2.05) is 50.2 Å². The number of hydrogen-bond donors (Lipinski definition) is 4. The lowest BCUT2D eigenvalue weighted by Gasteiger charge is -2.45. The molecule has 0 unspecified atom stereocenters. The first kappa shape index (κ1) is 25.6. The molecule has 1 saturated heterocycles. The van der Waals surface area contributed by atoms with E-state index >= 15 is 0 Å². The molecule has 3 aromatic rings. The van der Waals surface area contributed by atoms with Gasteiger partial charge in [0.25, 0.3) is 5.91 Å². The number of rotatable bonds is 7. The van der Waals surface area contributed by atoms with Crippen LogP contribution in [0.25, 0.3) is 0 Å². The molecule has 8 nitrogen and oxygen atoms in total. The number of nitrogens with zero attached hydrogens (tertiary/aromatic N) is 2. The van der Waals surface area contributed by atoms with E-state index in [4.69, 9.17) is 5.41 Å². The highest BCUT2D eigenvalue weighted by atomic mass is 16.3. The molecule has 38 heavy (non-hydrogen) atoms. The van der Waals surface area contributed by atoms with Gasteiger partial charge < -0.3 is 15.7 Å². The predicted octanol–water partition coefficient (Wildman–Crippen LogP) is 3.87. The number of aliphatic hydroxyl groups excluding tert-OH is 1. The number of aliphatic hydroxyl groups is 1. The van der Waals surface area contributed by atoms with Crippen LogP contribution < -0.4 is 10.6 Å². The van der Waals surface area contributed by atoms with Crippen LogP contribution in [0.5, 0.6) is 0 Å². The fourth-order valence-corrected chi connectivity index (χ4v) is 5.66. The molecule has 0 radical (unpaired) electrons. The van der Waals surface area contributed by atoms with Crippen molar-refractivity contribution in [2.45, 2.75) is 63.3 Å². The van der Waals surface area contributed by atoms with Gasteiger partial charge in [-0.15, -0.1) is 0 Å². The summed E-state index contributed by atoms with van der Waals surface area (Å²) in [5.41, 5.74) is 3.36. The Morgan fingerprint density at radius 1 is 1.16 bits per heavy atom. The zero-order valence-electron chi connectivity index (χ0n) is 21.6. The van der Waals surface area contributed by atoms with Gasteiger partial charge in [-0.2, -0.15) is 0 Å². The number of aromatic nitrogens is 1. The van der Waals surface area contributed by atoms with Crippen molar-refractivity contribution < 1.29 is 14.7 Å². The highest BCUT2D eigenvalue weighted by Crippen LogP contribution is 2.35. The molecule has 1 fully saturated rings. The predicted molar refractivity (Wildman–Crippen MR) is 145 cm³/mol. The molecule has 196 valence electrons. The van der Waals surface area contributed by atoms with Crippen molar-refractivity contribution in [3.63, 3.8) is 0 Å². The third kappa shape index (κ3) is 4.67. The van der Waals surface area contributed by atoms with Gasteiger partial charge in [-0.1, -0.05) is 56.3 Å². The summed E-state index contributed by atoms with van der Waals surface area (Å²) in [5, 5.41) is 25.7. The van der Waals surface area contributed by atoms with E-state index in [1.165, 1.54) is 4.90 Å². The smallest absolute Gasteiger partial charge is 0.251 e. The molecular weight excluding hydrogens is 478 g/mol. The van der Waals surface area contributed by atoms with Crippen LogP contribution in [-0.2, 0) is 11.2 Å². The molecule has 1 aliphatic carbocycles. The molecule has 4 N–H and O–H groups in total. The third-order valence-electron chi connectivity index (χ3n) is 7.95. The van der Waals surface area contributed by atoms with Gasteiger partial charge in [0.2, 0.25) is 5.91 Å². The molecule has 2 aliphatic rings. The largest absolute Gasteiger partial charge is 0.390 e. The Morgan fingerprint density at radius 3 is 2.63 bits per heavy atom. The maximum Gasteiger partial charge on any atom is 0.251 e. The number of nitrogens with one attached hydrogen (secondary N) is 3. The van der Waals surface area contributed by atoms with Gasteiger partial charge in [0.1, 0.15) is 0 Å². The molecule has 3 atom stereocenters. The van der Waals surface area contributed by atoms with Gasteiger partial charge in [-0.3, -0.25) is 24.9 Å². The number of carbonyl (C=O) groups excluding carboxylic acids is 2. The first-order chi connectivity index (χ1) is 18.4. The summed E-state index contributed by atoms with van der Waals surface area (Å²) in [5.74, 6) is -0.419. The zero-order chi connectivity index (χ0) is 26.9. The third-order valence-corrected chi connectivity index (χ3v) is 7.95. The normalized spacial score (nSPS) is 21.0. The summed E-state index contributed by atoms with van der Waals surface area (Å²) in [6.07, 6.45) is 4.88. The van der Waals surface area contributed by atoms with Crippen molar-refractivity contribution in [2.24, 2.45) is 0 Å². The summed E-state index contributed by atoms with van der Waals surface area (Å²) in [6.45, 7) is 4.04. The quantitative estimate of drug-likeness (QED) is 0.384. The van der Waals surface area contributed by atoms with Gasteiger partial charge >= 0.3 is 0 Å². The number of hydrogen-bond acceptors (Lipinski definition) is 5. The Hall–Kier alpha value is -4.04. The van der Waals surface area contributed by atoms with Gasteiger partial charge in [-0.05, 0) is 53.3 Å². The Morgan fingerprint density at radius 2 is 1.92 bits per heavy atom. The molecule has 2 aromatic carbocycles. The van der Waals surface area contributed by atoms with Crippen molar-refractivity contribution >= 4 is 17.8 Å². The van der Waals surface area contributed by atoms with E-state index in [0.717, 1.165) is 29.5 Å². The molecule has 2 amide bonds. The van der Waals surface area contributed by atoms with Gasteiger partial charge in [0.05, 0.1) is 24.6 Å². The molecule has 0 spiro atoms. The van der Waals surface area contributed by atoms with Crippen LogP contribution in [0, 0.1) is 5.41 Å². The second kappa shape index (κ2) is 10.4. The van der Waals surface area contributed by atoms with Crippen LogP contribution in [0.4, 0.5) is 0 Å². The molecule has 1 aliphatic heterocycles. The van der Waals surface area contributed by atoms with Gasteiger partial charge in [0.15, 0.2) is 5.96 Å². The number of guanidine groups is 1. The Kier molecular flexibility index (Phi) is 6.99. The highest BCUT2D eigenvalue weighted by Gasteiger charge is 2.42. The van der Waals surface area contributed by atoms with E-state index in [2.05, 4.69) is 15.6 Å². The van der Waals surface area contributed by atoms with E-state index in [-0.39, 0.29) is 24.2 Å². The number of benzene rings is 2. The first-order valence-electron chi connectivity index (χ1n) is 13.1. The minimum Gasteiger partial charge on any atom is -0.390 e. The zero-order valence-corrected chi connectivity index (χ0v) is 21.6. The van der Waals surface area contributed by atoms with Crippen LogP contribution in [0.1, 0.15) is 77.8 Å². The van der Waals surface area contributed by atoms with E-state index in [0.29, 0.717) is 17.5 Å². The lowest BCUT2D eigenvalue weighted by Crippen LogP contribution is -2.62. The minimum absolute atomic E-state index is 0.0411. The van der Waals surface area contributed by atoms with Crippen molar-refractivity contribution in [3.05, 3.63) is 101 Å². The topological polar surface area (TPSA) is 118 Å². The van der Waals surface area contributed by atoms with Crippen LogP contribution in [-0.4, -0.2) is 44.4 Å². The van der Waals surface area contributed by atoms with Crippen LogP contribution >= 0.6 is 0 Å². The fourth-order valence-electron chi connectivity index (χ4n) is 5.66. The van der Waals surface area contributed by atoms with Crippen LogP contribution in [0.3, 0.4) is 0 Å². The maximum atomic E-state index is 13.5. The number of carbonyl (C=O) groups is 2. The summed E-state index contributed by atoms with van der Waals surface area (Å²) in [4.78, 5) is 32.6. The number of fused-ring (bicyclic) bond motifs is 1. The summed E-state index contributed by atoms with van der Waals surface area (Å²) in [6, 6.07) is 17.4. The number of pyridine rings is 1. The lowest BCUT2D eigenvalue weighted by molar-refractivity contribution is -0.132. The van der Waals surface area contributed by atoms with Crippen LogP contribution in [0.15, 0.2) is 73.1 Å². The maximum absolute atomic E-state index is 13.5. The van der Waals surface area contributed by atoms with Crippen LogP contribution in [0.2, 0.25) is 0 Å². The molecule has 5 rings (SSSR count). The van der Waals surface area contributed by atoms with Gasteiger partial charge in [0, 0.05) is 29.9 Å². The Balaban J connectivity index is 1.47. The molecular formula is C30H33N5O3. The monoisotopic (exact) mass is 511 g/mol. The molecule has 1 aromatic heterocycles. The standard InChI is InChI=1S/C30H33N5O3/c1-3-30(4-2)17-25(37)35(29(31)34-30)27(22-12-8-14-32-18-22)20-10-7-11-21(15-20)28(38)33-26-23-13-6-5-9-19(23)16-24(26)36/h5-15,18,24,26-27,36H,3-4,16-17H2,1-2H3,(H2,31,34)(H,33,38)/t24-,26-,27+/m1/s1. The average molecular weight is 512 g/mol. The van der Waals surface area contributed by atoms with Crippen molar-refractivity contribution in [2.75, 3.05) is 0 Å². The summed E-state index contributed by atoms with van der Waals surface area (Å²) < 4.78 is 0. The molecule has 8 heteroatoms. The Bertz CT molecular complexity index is 1330. The molecule has 0 bridgehead atoms. The lowest BCUT2D eigenvalue weighted by atomic mass is 9.85. The van der Waals surface area contributed by atoms with E-state index < -0.39 is 23.7 Å². The van der Waals surface area contributed by atoms with E-state index in [9.17, 15) is 14.7 Å². The first-order valence-corrected chi connectivity index (χ1v) is 13.1. The van der Waals surface area contributed by atoms with Gasteiger partial charge in [-0.25, -0.2) is 0 Å². The molecule has 0 saturated carbocycles. The minimum atomic E-state index is -0.697. The van der Waals surface area contributed by atoms with Crippen molar-refractivity contribution in [1.82, 2.24) is 20.5 Å². The van der Waals surface area contributed by atoms with E-state index in [1.54, 1.807) is 36.7 Å². The SMILES string of the molecule is CCC1(CC)CC(=O)N([C@H](c2cccnc2)c2cccc(C(=O)N[C@@H]3c4ccccc4C[C@H]3O)c2)C(=N)N1. The second-order valence-electron chi connectivity index (χ2n) is 10.1. The van der Waals surface area contributed by atoms with Crippen molar-refractivity contribution in [3.8, 4) is 0 Å². The fraction of sp³-hybridized carbons (Fsp3) is 0.333. The summed E-state index contributed by atoms with van der Waals surface area (Å²) in [7, 11) is 0. The highest BCUT2D eigenvalue weighted by molar-refractivity contribution is 6.00. The number of amides is 2. The second-order valence-corrected chi connectivity index (χ2v) is 10.1. The summed E-state index contributed by atoms with van der Waals surface area (Å²) >= 11 is 0. The molecule has 2 heterocycles. The average Bonchev–Trinajstić information content (AvgIpc) is 3.25.